The Kier molecular flexibility index (Phi) is 4.95. The van der Waals surface area contributed by atoms with Gasteiger partial charge in [-0.25, -0.2) is 10.2 Å². The number of hydrazone groups is 1. The minimum absolute atomic E-state index is 0.103. The molecule has 1 aromatic rings. The number of hydrogen-bond acceptors (Lipinski definition) is 3. The predicted molar refractivity (Wildman–Crippen MR) is 71.0 cm³/mol. The Morgan fingerprint density at radius 3 is 2.69 bits per heavy atom. The molecule has 0 bridgehead atoms. The van der Waals surface area contributed by atoms with Crippen molar-refractivity contribution in [1.82, 2.24) is 10.7 Å². The lowest BCUT2D eigenvalue weighted by Crippen LogP contribution is -2.37. The molecule has 0 atom stereocenters. The van der Waals surface area contributed by atoms with E-state index >= 15 is 0 Å². The Hall–Kier alpha value is -0.880. The zero-order valence-corrected chi connectivity index (χ0v) is 11.8. The first-order valence-electron chi connectivity index (χ1n) is 4.85. The Labute approximate surface area is 107 Å². The molecule has 0 saturated carbocycles. The van der Waals surface area contributed by atoms with Crippen LogP contribution >= 0.6 is 27.3 Å². The first-order valence-corrected chi connectivity index (χ1v) is 6.46. The molecule has 1 rings (SSSR count). The van der Waals surface area contributed by atoms with Crippen LogP contribution in [0.5, 0.6) is 0 Å². The van der Waals surface area contributed by atoms with Crippen LogP contribution in [0.3, 0.4) is 0 Å². The number of hydrogen-bond donors (Lipinski definition) is 2. The second kappa shape index (κ2) is 6.00. The lowest BCUT2D eigenvalue weighted by atomic mass is 10.3. The largest absolute Gasteiger partial charge is 0.335 e. The van der Waals surface area contributed by atoms with E-state index in [1.165, 1.54) is 0 Å². The Bertz CT molecular complexity index is 401. The van der Waals surface area contributed by atoms with Gasteiger partial charge in [0.25, 0.3) is 0 Å². The fourth-order valence-electron chi connectivity index (χ4n) is 0.993. The van der Waals surface area contributed by atoms with Crippen LogP contribution in [0.4, 0.5) is 4.79 Å². The molecule has 2 N–H and O–H groups in total. The maximum absolute atomic E-state index is 11.3. The zero-order chi connectivity index (χ0) is 12.1. The quantitative estimate of drug-likeness (QED) is 0.655. The Balaban J connectivity index is 2.54. The van der Waals surface area contributed by atoms with Gasteiger partial charge in [-0.2, -0.15) is 5.10 Å². The van der Waals surface area contributed by atoms with Crippen molar-refractivity contribution in [2.45, 2.75) is 26.8 Å². The molecule has 0 unspecified atom stereocenters. The number of urea groups is 1. The summed E-state index contributed by atoms with van der Waals surface area (Å²) < 4.78 is 1.05. The molecule has 0 saturated heterocycles. The Morgan fingerprint density at radius 2 is 2.19 bits per heavy atom. The van der Waals surface area contributed by atoms with Crippen LogP contribution in [-0.4, -0.2) is 17.8 Å². The van der Waals surface area contributed by atoms with Crippen molar-refractivity contribution in [1.29, 1.82) is 0 Å². The molecule has 1 aromatic heterocycles. The summed E-state index contributed by atoms with van der Waals surface area (Å²) in [7, 11) is 0. The van der Waals surface area contributed by atoms with E-state index in [-0.39, 0.29) is 12.1 Å². The average molecular weight is 304 g/mol. The molecule has 16 heavy (non-hydrogen) atoms. The highest BCUT2D eigenvalue weighted by Crippen LogP contribution is 2.22. The van der Waals surface area contributed by atoms with E-state index in [0.29, 0.717) is 0 Å². The summed E-state index contributed by atoms with van der Waals surface area (Å²) in [5, 5.41) is 6.70. The summed E-state index contributed by atoms with van der Waals surface area (Å²) in [6, 6.07) is 3.72. The molecule has 0 fully saturated rings. The van der Waals surface area contributed by atoms with Crippen LogP contribution < -0.4 is 10.7 Å². The van der Waals surface area contributed by atoms with Crippen molar-refractivity contribution in [3.8, 4) is 0 Å². The summed E-state index contributed by atoms with van der Waals surface area (Å²) in [5.41, 5.74) is 3.24. The summed E-state index contributed by atoms with van der Waals surface area (Å²) in [6.07, 6.45) is 0. The highest BCUT2D eigenvalue weighted by molar-refractivity contribution is 9.11. The highest BCUT2D eigenvalue weighted by atomic mass is 79.9. The third-order valence-corrected chi connectivity index (χ3v) is 3.41. The van der Waals surface area contributed by atoms with Crippen molar-refractivity contribution in [3.63, 3.8) is 0 Å². The normalized spacial score (nSPS) is 11.7. The maximum atomic E-state index is 11.3. The van der Waals surface area contributed by atoms with E-state index in [2.05, 4.69) is 31.8 Å². The second-order valence-corrected chi connectivity index (χ2v) is 6.00. The lowest BCUT2D eigenvalue weighted by Gasteiger charge is -2.07. The van der Waals surface area contributed by atoms with E-state index in [4.69, 9.17) is 0 Å². The molecule has 2 amide bonds. The Morgan fingerprint density at radius 1 is 1.50 bits per heavy atom. The van der Waals surface area contributed by atoms with Gasteiger partial charge in [0, 0.05) is 6.04 Å². The molecule has 0 spiro atoms. The van der Waals surface area contributed by atoms with Crippen molar-refractivity contribution >= 4 is 39.0 Å². The second-order valence-electron chi connectivity index (χ2n) is 3.54. The molecule has 6 heteroatoms. The zero-order valence-electron chi connectivity index (χ0n) is 9.37. The van der Waals surface area contributed by atoms with E-state index in [0.717, 1.165) is 14.4 Å². The van der Waals surface area contributed by atoms with Gasteiger partial charge < -0.3 is 5.32 Å². The van der Waals surface area contributed by atoms with Gasteiger partial charge in [0.05, 0.1) is 14.4 Å². The smallest absolute Gasteiger partial charge is 0.335 e. The summed E-state index contributed by atoms with van der Waals surface area (Å²) in [5.74, 6) is 0. The SMILES string of the molecule is C/C(=N\NC(=O)NC(C)C)c1ccc(Br)s1. The minimum atomic E-state index is -0.287. The first kappa shape index (κ1) is 13.2. The third-order valence-electron chi connectivity index (χ3n) is 1.67. The van der Waals surface area contributed by atoms with Gasteiger partial charge in [0.15, 0.2) is 0 Å². The topological polar surface area (TPSA) is 53.5 Å². The summed E-state index contributed by atoms with van der Waals surface area (Å²) in [4.78, 5) is 12.3. The van der Waals surface area contributed by atoms with Crippen LogP contribution in [0.2, 0.25) is 0 Å². The van der Waals surface area contributed by atoms with Gasteiger partial charge in [-0.15, -0.1) is 11.3 Å². The van der Waals surface area contributed by atoms with Crippen molar-refractivity contribution in [3.05, 3.63) is 20.8 Å². The molecular weight excluding hydrogens is 290 g/mol. The monoisotopic (exact) mass is 303 g/mol. The molecule has 0 aliphatic carbocycles. The third kappa shape index (κ3) is 4.32. The minimum Gasteiger partial charge on any atom is -0.335 e. The molecular formula is C10H14BrN3OS. The average Bonchev–Trinajstić information content (AvgIpc) is 2.60. The molecule has 0 aliphatic rings. The van der Waals surface area contributed by atoms with Crippen LogP contribution in [0, 0.1) is 0 Å². The number of halogens is 1. The van der Waals surface area contributed by atoms with Gasteiger partial charge in [0.1, 0.15) is 0 Å². The molecule has 1 heterocycles. The van der Waals surface area contributed by atoms with Gasteiger partial charge >= 0.3 is 6.03 Å². The van der Waals surface area contributed by atoms with Gasteiger partial charge in [-0.3, -0.25) is 0 Å². The highest BCUT2D eigenvalue weighted by Gasteiger charge is 2.03. The van der Waals surface area contributed by atoms with Gasteiger partial charge in [0.2, 0.25) is 0 Å². The molecule has 0 aromatic carbocycles. The molecule has 0 radical (unpaired) electrons. The van der Waals surface area contributed by atoms with E-state index < -0.39 is 0 Å². The van der Waals surface area contributed by atoms with Crippen molar-refractivity contribution in [2.75, 3.05) is 0 Å². The number of nitrogens with zero attached hydrogens (tertiary/aromatic N) is 1. The van der Waals surface area contributed by atoms with Crippen LogP contribution in [0.15, 0.2) is 21.0 Å². The number of amides is 2. The number of nitrogens with one attached hydrogen (secondary N) is 2. The van der Waals surface area contributed by atoms with E-state index in [9.17, 15) is 4.79 Å². The van der Waals surface area contributed by atoms with Crippen LogP contribution in [0.1, 0.15) is 25.6 Å². The van der Waals surface area contributed by atoms with E-state index in [1.807, 2.05) is 32.9 Å². The molecule has 88 valence electrons. The van der Waals surface area contributed by atoms with Crippen LogP contribution in [-0.2, 0) is 0 Å². The number of rotatable bonds is 3. The van der Waals surface area contributed by atoms with Gasteiger partial charge in [-0.05, 0) is 48.8 Å². The first-order chi connectivity index (χ1) is 7.49. The number of thiophene rings is 1. The number of carbonyl (C=O) groups excluding carboxylic acids is 1. The van der Waals surface area contributed by atoms with E-state index in [1.54, 1.807) is 11.3 Å². The van der Waals surface area contributed by atoms with Crippen LogP contribution in [0.25, 0.3) is 0 Å². The summed E-state index contributed by atoms with van der Waals surface area (Å²) >= 11 is 4.95. The predicted octanol–water partition coefficient (Wildman–Crippen LogP) is 2.94. The summed E-state index contributed by atoms with van der Waals surface area (Å²) in [6.45, 7) is 5.65. The molecule has 4 nitrogen and oxygen atoms in total. The van der Waals surface area contributed by atoms with Crippen molar-refractivity contribution in [2.24, 2.45) is 5.10 Å². The maximum Gasteiger partial charge on any atom is 0.335 e. The fourth-order valence-corrected chi connectivity index (χ4v) is 2.32. The van der Waals surface area contributed by atoms with Crippen molar-refractivity contribution < 1.29 is 4.79 Å². The molecule has 0 aliphatic heterocycles. The lowest BCUT2D eigenvalue weighted by molar-refractivity contribution is 0.239. The fraction of sp³-hybridized carbons (Fsp3) is 0.400. The van der Waals surface area contributed by atoms with Gasteiger partial charge in [-0.1, -0.05) is 0 Å². The number of carbonyl (C=O) groups is 1. The standard InChI is InChI=1S/C10H14BrN3OS/c1-6(2)12-10(15)14-13-7(3)8-4-5-9(11)16-8/h4-6H,1-3H3,(H2,12,14,15)/b13-7+.